The lowest BCUT2D eigenvalue weighted by Crippen LogP contribution is -2.15. The van der Waals surface area contributed by atoms with Gasteiger partial charge < -0.3 is 9.30 Å². The summed E-state index contributed by atoms with van der Waals surface area (Å²) in [6.45, 7) is 5.98. The monoisotopic (exact) mass is 209 g/mol. The molecule has 15 heavy (non-hydrogen) atoms. The third kappa shape index (κ3) is 2.46. The molecule has 0 radical (unpaired) electrons. The molecule has 0 amide bonds. The Morgan fingerprint density at radius 2 is 2.20 bits per heavy atom. The van der Waals surface area contributed by atoms with Crippen LogP contribution in [0, 0.1) is 13.8 Å². The van der Waals surface area contributed by atoms with Crippen LogP contribution in [0.25, 0.3) is 0 Å². The van der Waals surface area contributed by atoms with Crippen LogP contribution in [0.15, 0.2) is 6.07 Å². The zero-order valence-electron chi connectivity index (χ0n) is 9.24. The molecule has 0 aromatic carbocycles. The quantitative estimate of drug-likeness (QED) is 0.557. The molecule has 0 saturated carbocycles. The number of hydrogen-bond donors (Lipinski definition) is 0. The van der Waals surface area contributed by atoms with E-state index >= 15 is 0 Å². The van der Waals surface area contributed by atoms with E-state index in [1.54, 1.807) is 17.6 Å². The van der Waals surface area contributed by atoms with Crippen molar-refractivity contribution < 1.29 is 14.3 Å². The summed E-state index contributed by atoms with van der Waals surface area (Å²) in [6.07, 6.45) is 0.796. The van der Waals surface area contributed by atoms with E-state index < -0.39 is 0 Å². The van der Waals surface area contributed by atoms with Crippen molar-refractivity contribution in [3.8, 4) is 0 Å². The summed E-state index contributed by atoms with van der Waals surface area (Å²) in [5.74, 6) is -0.281. The summed E-state index contributed by atoms with van der Waals surface area (Å²) in [7, 11) is 0. The van der Waals surface area contributed by atoms with Gasteiger partial charge in [-0.25, -0.2) is 0 Å². The van der Waals surface area contributed by atoms with Gasteiger partial charge in [0, 0.05) is 17.0 Å². The Morgan fingerprint density at radius 1 is 1.53 bits per heavy atom. The number of hydrogen-bond acceptors (Lipinski definition) is 3. The zero-order valence-corrected chi connectivity index (χ0v) is 9.24. The summed E-state index contributed by atoms with van der Waals surface area (Å²) in [5, 5.41) is 0. The third-order valence-electron chi connectivity index (χ3n) is 2.33. The molecule has 82 valence electrons. The first-order valence-electron chi connectivity index (χ1n) is 4.87. The molecule has 1 aromatic heterocycles. The van der Waals surface area contributed by atoms with Gasteiger partial charge in [-0.1, -0.05) is 0 Å². The number of ether oxygens (including phenoxy) is 1. The second-order valence-electron chi connectivity index (χ2n) is 3.34. The minimum Gasteiger partial charge on any atom is -0.465 e. The first kappa shape index (κ1) is 11.5. The lowest BCUT2D eigenvalue weighted by atomic mass is 10.3. The molecule has 0 saturated heterocycles. The smallest absolute Gasteiger partial charge is 0.325 e. The van der Waals surface area contributed by atoms with E-state index in [1.165, 1.54) is 0 Å². The maximum Gasteiger partial charge on any atom is 0.325 e. The van der Waals surface area contributed by atoms with Gasteiger partial charge in [-0.2, -0.15) is 0 Å². The Morgan fingerprint density at radius 3 is 2.67 bits per heavy atom. The van der Waals surface area contributed by atoms with Gasteiger partial charge in [0.15, 0.2) is 6.29 Å². The maximum absolute atomic E-state index is 11.3. The van der Waals surface area contributed by atoms with Crippen LogP contribution < -0.4 is 0 Å². The number of rotatable bonds is 4. The highest BCUT2D eigenvalue weighted by molar-refractivity contribution is 5.78. The fourth-order valence-electron chi connectivity index (χ4n) is 1.53. The fraction of sp³-hybridized carbons (Fsp3) is 0.455. The van der Waals surface area contributed by atoms with E-state index in [2.05, 4.69) is 0 Å². The van der Waals surface area contributed by atoms with Crippen LogP contribution >= 0.6 is 0 Å². The molecule has 0 fully saturated rings. The highest BCUT2D eigenvalue weighted by Crippen LogP contribution is 2.12. The minimum absolute atomic E-state index is 0.166. The Bertz CT molecular complexity index is 379. The highest BCUT2D eigenvalue weighted by Gasteiger charge is 2.11. The molecular weight excluding hydrogens is 194 g/mol. The van der Waals surface area contributed by atoms with Crippen molar-refractivity contribution in [3.05, 3.63) is 23.0 Å². The first-order valence-corrected chi connectivity index (χ1v) is 4.87. The van der Waals surface area contributed by atoms with Gasteiger partial charge in [-0.05, 0) is 26.8 Å². The third-order valence-corrected chi connectivity index (χ3v) is 2.33. The van der Waals surface area contributed by atoms with Gasteiger partial charge in [0.05, 0.1) is 6.61 Å². The summed E-state index contributed by atoms with van der Waals surface area (Å²) < 4.78 is 6.63. The van der Waals surface area contributed by atoms with Crippen molar-refractivity contribution >= 4 is 12.3 Å². The van der Waals surface area contributed by atoms with Crippen LogP contribution in [0.1, 0.15) is 28.7 Å². The largest absolute Gasteiger partial charge is 0.465 e. The van der Waals surface area contributed by atoms with Crippen LogP contribution in [0.4, 0.5) is 0 Å². The van der Waals surface area contributed by atoms with Crippen molar-refractivity contribution in [3.63, 3.8) is 0 Å². The number of esters is 1. The van der Waals surface area contributed by atoms with Gasteiger partial charge >= 0.3 is 5.97 Å². The summed E-state index contributed by atoms with van der Waals surface area (Å²) in [5.41, 5.74) is 2.31. The maximum atomic E-state index is 11.3. The Kier molecular flexibility index (Phi) is 3.66. The standard InChI is InChI=1S/C11H15NO3/c1-4-15-11(14)6-12-8(2)5-10(7-13)9(12)3/h5,7H,4,6H2,1-3H3. The normalized spacial score (nSPS) is 10.1. The predicted octanol–water partition coefficient (Wildman–Crippen LogP) is 1.48. The second kappa shape index (κ2) is 4.77. The van der Waals surface area contributed by atoms with Crippen LogP contribution in [0.3, 0.4) is 0 Å². The fourth-order valence-corrected chi connectivity index (χ4v) is 1.53. The molecule has 0 spiro atoms. The molecule has 1 rings (SSSR count). The van der Waals surface area contributed by atoms with Crippen LogP contribution in [0.5, 0.6) is 0 Å². The molecule has 0 N–H and O–H groups in total. The molecule has 4 nitrogen and oxygen atoms in total. The van der Waals surface area contributed by atoms with Crippen molar-refractivity contribution in [2.45, 2.75) is 27.3 Å². The molecule has 4 heteroatoms. The number of nitrogens with zero attached hydrogens (tertiary/aromatic N) is 1. The lowest BCUT2D eigenvalue weighted by Gasteiger charge is -2.08. The topological polar surface area (TPSA) is 48.3 Å². The SMILES string of the molecule is CCOC(=O)Cn1c(C)cc(C=O)c1C. The predicted molar refractivity (Wildman–Crippen MR) is 55.9 cm³/mol. The first-order chi connectivity index (χ1) is 7.10. The summed E-state index contributed by atoms with van der Waals surface area (Å²) >= 11 is 0. The van der Waals surface area contributed by atoms with Crippen molar-refractivity contribution in [2.75, 3.05) is 6.61 Å². The molecule has 0 unspecified atom stereocenters. The summed E-state index contributed by atoms with van der Waals surface area (Å²) in [4.78, 5) is 22.0. The zero-order chi connectivity index (χ0) is 11.4. The van der Waals surface area contributed by atoms with Crippen molar-refractivity contribution in [1.82, 2.24) is 4.57 Å². The molecule has 0 bridgehead atoms. The number of carbonyl (C=O) groups excluding carboxylic acids is 2. The van der Waals surface area contributed by atoms with Gasteiger partial charge in [0.2, 0.25) is 0 Å². The lowest BCUT2D eigenvalue weighted by molar-refractivity contribution is -0.143. The van der Waals surface area contributed by atoms with Crippen molar-refractivity contribution in [1.29, 1.82) is 0 Å². The average molecular weight is 209 g/mol. The van der Waals surface area contributed by atoms with Crippen molar-refractivity contribution in [2.24, 2.45) is 0 Å². The van der Waals surface area contributed by atoms with E-state index in [-0.39, 0.29) is 12.5 Å². The molecule has 0 aliphatic carbocycles. The molecule has 0 aliphatic heterocycles. The van der Waals surface area contributed by atoms with Gasteiger partial charge in [-0.15, -0.1) is 0 Å². The highest BCUT2D eigenvalue weighted by atomic mass is 16.5. The Labute approximate surface area is 88.8 Å². The molecule has 0 aliphatic rings. The average Bonchev–Trinajstić information content (AvgIpc) is 2.45. The van der Waals surface area contributed by atoms with E-state index in [9.17, 15) is 9.59 Å². The second-order valence-corrected chi connectivity index (χ2v) is 3.34. The van der Waals surface area contributed by atoms with E-state index in [0.717, 1.165) is 17.7 Å². The molecule has 1 aromatic rings. The minimum atomic E-state index is -0.281. The van der Waals surface area contributed by atoms with Gasteiger partial charge in [0.1, 0.15) is 6.54 Å². The number of aromatic nitrogens is 1. The molecule has 0 atom stereocenters. The Hall–Kier alpha value is -1.58. The Balaban J connectivity index is 2.89. The van der Waals surface area contributed by atoms with Crippen LogP contribution in [-0.2, 0) is 16.1 Å². The summed E-state index contributed by atoms with van der Waals surface area (Å²) in [6, 6.07) is 1.77. The number of aldehydes is 1. The van der Waals surface area contributed by atoms with Crippen LogP contribution in [-0.4, -0.2) is 23.4 Å². The molecular formula is C11H15NO3. The van der Waals surface area contributed by atoms with Gasteiger partial charge in [0.25, 0.3) is 0 Å². The van der Waals surface area contributed by atoms with E-state index in [1.807, 2.05) is 13.8 Å². The van der Waals surface area contributed by atoms with E-state index in [0.29, 0.717) is 12.2 Å². The molecule has 1 heterocycles. The number of aryl methyl sites for hydroxylation is 1. The van der Waals surface area contributed by atoms with Crippen LogP contribution in [0.2, 0.25) is 0 Å². The van der Waals surface area contributed by atoms with E-state index in [4.69, 9.17) is 4.74 Å². The number of carbonyl (C=O) groups is 2. The van der Waals surface area contributed by atoms with Gasteiger partial charge in [-0.3, -0.25) is 9.59 Å².